The van der Waals surface area contributed by atoms with Crippen LogP contribution in [0.3, 0.4) is 0 Å². The van der Waals surface area contributed by atoms with E-state index in [1.54, 1.807) is 12.1 Å². The zero-order chi connectivity index (χ0) is 16.6. The van der Waals surface area contributed by atoms with Crippen LogP contribution in [0, 0.1) is 6.92 Å². The molecule has 0 aromatic heterocycles. The third-order valence-corrected chi connectivity index (χ3v) is 4.70. The molecule has 0 saturated carbocycles. The van der Waals surface area contributed by atoms with Crippen molar-refractivity contribution in [1.29, 1.82) is 0 Å². The van der Waals surface area contributed by atoms with Gasteiger partial charge in [0, 0.05) is 0 Å². The molecule has 23 heavy (non-hydrogen) atoms. The first-order valence-electron chi connectivity index (χ1n) is 6.61. The number of nitrogens with zero attached hydrogens (tertiary/aromatic N) is 2. The molecule has 0 radical (unpaired) electrons. The maximum Gasteiger partial charge on any atom is 0.298 e. The molecule has 1 aliphatic heterocycles. The lowest BCUT2D eigenvalue weighted by Crippen LogP contribution is -2.18. The molecule has 0 spiro atoms. The van der Waals surface area contributed by atoms with E-state index in [2.05, 4.69) is 15.0 Å². The monoisotopic (exact) mass is 329 g/mol. The van der Waals surface area contributed by atoms with Crippen molar-refractivity contribution < 1.29 is 18.0 Å². The van der Waals surface area contributed by atoms with Gasteiger partial charge in [0.25, 0.3) is 21.8 Å². The van der Waals surface area contributed by atoms with E-state index in [1.165, 1.54) is 30.3 Å². The number of fused-ring (bicyclic) bond motifs is 1. The van der Waals surface area contributed by atoms with Gasteiger partial charge >= 0.3 is 0 Å². The van der Waals surface area contributed by atoms with E-state index in [0.717, 1.165) is 5.56 Å². The lowest BCUT2D eigenvalue weighted by atomic mass is 10.0. The molecule has 7 nitrogen and oxygen atoms in total. The predicted molar refractivity (Wildman–Crippen MR) is 81.9 cm³/mol. The van der Waals surface area contributed by atoms with Crippen LogP contribution in [0.15, 0.2) is 57.6 Å². The summed E-state index contributed by atoms with van der Waals surface area (Å²) in [6.45, 7) is 1.84. The van der Waals surface area contributed by atoms with E-state index in [4.69, 9.17) is 0 Å². The molecular formula is C15H11N3O4S. The average Bonchev–Trinajstić information content (AvgIpc) is 2.51. The van der Waals surface area contributed by atoms with Gasteiger partial charge in [-0.15, -0.1) is 10.2 Å². The second-order valence-electron chi connectivity index (χ2n) is 4.96. The minimum Gasteiger partial charge on any atom is -0.279 e. The smallest absolute Gasteiger partial charge is 0.279 e. The second-order valence-corrected chi connectivity index (χ2v) is 6.64. The number of hydrogen-bond acceptors (Lipinski definition) is 4. The lowest BCUT2D eigenvalue weighted by molar-refractivity contribution is 0.0921. The van der Waals surface area contributed by atoms with Crippen LogP contribution in [-0.2, 0) is 10.0 Å². The fourth-order valence-corrected chi connectivity index (χ4v) is 3.23. The Kier molecular flexibility index (Phi) is 3.53. The molecule has 3 rings (SSSR count). The first kappa shape index (κ1) is 15.0. The maximum atomic E-state index is 12.4. The van der Waals surface area contributed by atoms with Gasteiger partial charge in [-0.2, -0.15) is 0 Å². The van der Waals surface area contributed by atoms with E-state index in [-0.39, 0.29) is 21.7 Å². The summed E-state index contributed by atoms with van der Waals surface area (Å²) in [7, 11) is -3.89. The van der Waals surface area contributed by atoms with E-state index in [1.807, 2.05) is 6.92 Å². The zero-order valence-corrected chi connectivity index (χ0v) is 12.8. The molecular weight excluding hydrogens is 318 g/mol. The van der Waals surface area contributed by atoms with Crippen LogP contribution < -0.4 is 4.72 Å². The normalized spacial score (nSPS) is 13.8. The molecule has 0 atom stereocenters. The number of sulfonamides is 1. The number of hydrogen-bond donors (Lipinski definition) is 1. The van der Waals surface area contributed by atoms with E-state index in [9.17, 15) is 18.0 Å². The fraction of sp³-hybridized carbons (Fsp3) is 0.0667. The lowest BCUT2D eigenvalue weighted by Gasteiger charge is -2.14. The number of aryl methyl sites for hydroxylation is 1. The Morgan fingerprint density at radius 3 is 2.26 bits per heavy atom. The van der Waals surface area contributed by atoms with Crippen LogP contribution in [-0.4, -0.2) is 20.2 Å². The predicted octanol–water partition coefficient (Wildman–Crippen LogP) is 2.54. The van der Waals surface area contributed by atoms with Gasteiger partial charge in [-0.1, -0.05) is 23.8 Å². The molecule has 116 valence electrons. The highest BCUT2D eigenvalue weighted by molar-refractivity contribution is 7.92. The number of rotatable bonds is 3. The summed E-state index contributed by atoms with van der Waals surface area (Å²) in [6.07, 6.45) is 0. The van der Waals surface area contributed by atoms with Gasteiger partial charge in [0.2, 0.25) is 0 Å². The number of amides is 2. The van der Waals surface area contributed by atoms with Crippen molar-refractivity contribution in [3.05, 3.63) is 59.2 Å². The first-order valence-corrected chi connectivity index (χ1v) is 8.10. The summed E-state index contributed by atoms with van der Waals surface area (Å²) in [5.74, 6) is -1.45. The number of carbonyl (C=O) groups is 2. The van der Waals surface area contributed by atoms with Crippen LogP contribution >= 0.6 is 0 Å². The van der Waals surface area contributed by atoms with Crippen LogP contribution in [0.2, 0.25) is 0 Å². The molecule has 2 aromatic carbocycles. The summed E-state index contributed by atoms with van der Waals surface area (Å²) in [5, 5.41) is 6.45. The average molecular weight is 329 g/mol. The van der Waals surface area contributed by atoms with Crippen molar-refractivity contribution in [2.45, 2.75) is 11.8 Å². The second kappa shape index (κ2) is 5.40. The Balaban J connectivity index is 2.05. The largest absolute Gasteiger partial charge is 0.298 e. The Labute approximate surface area is 132 Å². The Hall–Kier alpha value is -2.87. The SMILES string of the molecule is Cc1ccc(S(=O)(=O)Nc2cccc3c2C(=O)N=NC3=O)cc1. The Morgan fingerprint density at radius 2 is 1.57 bits per heavy atom. The Bertz CT molecular complexity index is 947. The minimum atomic E-state index is -3.89. The summed E-state index contributed by atoms with van der Waals surface area (Å²) in [4.78, 5) is 23.6. The van der Waals surface area contributed by atoms with Crippen molar-refractivity contribution in [2.24, 2.45) is 10.2 Å². The first-order chi connectivity index (χ1) is 10.9. The number of azo groups is 1. The molecule has 2 aromatic rings. The highest BCUT2D eigenvalue weighted by Gasteiger charge is 2.27. The topological polar surface area (TPSA) is 105 Å². The van der Waals surface area contributed by atoms with Crippen LogP contribution in [0.4, 0.5) is 5.69 Å². The van der Waals surface area contributed by atoms with Gasteiger partial charge < -0.3 is 0 Å². The molecule has 0 unspecified atom stereocenters. The number of carbonyl (C=O) groups excluding carboxylic acids is 2. The zero-order valence-electron chi connectivity index (χ0n) is 12.0. The van der Waals surface area contributed by atoms with Crippen molar-refractivity contribution in [1.82, 2.24) is 0 Å². The molecule has 0 fully saturated rings. The van der Waals surface area contributed by atoms with Crippen LogP contribution in [0.1, 0.15) is 26.3 Å². The van der Waals surface area contributed by atoms with Gasteiger partial charge in [-0.25, -0.2) is 8.42 Å². The summed E-state index contributed by atoms with van der Waals surface area (Å²) < 4.78 is 27.2. The summed E-state index contributed by atoms with van der Waals surface area (Å²) >= 11 is 0. The van der Waals surface area contributed by atoms with Gasteiger partial charge in [0.05, 0.1) is 21.7 Å². The number of nitrogens with one attached hydrogen (secondary N) is 1. The molecule has 0 aliphatic carbocycles. The van der Waals surface area contributed by atoms with Crippen molar-refractivity contribution >= 4 is 27.5 Å². The van der Waals surface area contributed by atoms with Crippen LogP contribution in [0.5, 0.6) is 0 Å². The molecule has 0 saturated heterocycles. The summed E-state index contributed by atoms with van der Waals surface area (Å²) in [6, 6.07) is 10.5. The standard InChI is InChI=1S/C15H11N3O4S/c1-9-5-7-10(8-6-9)23(21,22)18-12-4-2-3-11-13(12)15(20)17-16-14(11)19/h2-8,18H,1H3. The fourth-order valence-electron chi connectivity index (χ4n) is 2.16. The quantitative estimate of drug-likeness (QED) is 0.934. The number of anilines is 1. The van der Waals surface area contributed by atoms with Crippen LogP contribution in [0.25, 0.3) is 0 Å². The molecule has 2 amide bonds. The summed E-state index contributed by atoms with van der Waals surface area (Å²) in [5.41, 5.74) is 0.847. The highest BCUT2D eigenvalue weighted by Crippen LogP contribution is 2.27. The van der Waals surface area contributed by atoms with Gasteiger partial charge in [0.1, 0.15) is 0 Å². The highest BCUT2D eigenvalue weighted by atomic mass is 32.2. The molecule has 8 heteroatoms. The molecule has 1 N–H and O–H groups in total. The number of benzene rings is 2. The van der Waals surface area contributed by atoms with Gasteiger partial charge in [-0.3, -0.25) is 14.3 Å². The maximum absolute atomic E-state index is 12.4. The van der Waals surface area contributed by atoms with E-state index >= 15 is 0 Å². The third kappa shape index (κ3) is 2.76. The van der Waals surface area contributed by atoms with Crippen molar-refractivity contribution in [3.63, 3.8) is 0 Å². The van der Waals surface area contributed by atoms with E-state index in [0.29, 0.717) is 0 Å². The molecule has 1 aliphatic rings. The molecule has 1 heterocycles. The van der Waals surface area contributed by atoms with Crippen molar-refractivity contribution in [3.8, 4) is 0 Å². The molecule has 0 bridgehead atoms. The third-order valence-electron chi connectivity index (χ3n) is 3.32. The minimum absolute atomic E-state index is 0.0000694. The van der Waals surface area contributed by atoms with Crippen molar-refractivity contribution in [2.75, 3.05) is 4.72 Å². The van der Waals surface area contributed by atoms with E-state index < -0.39 is 21.8 Å². The van der Waals surface area contributed by atoms with Gasteiger partial charge in [0.15, 0.2) is 0 Å². The van der Waals surface area contributed by atoms with Gasteiger partial charge in [-0.05, 0) is 31.2 Å². The Morgan fingerprint density at radius 1 is 0.913 bits per heavy atom.